The van der Waals surface area contributed by atoms with Crippen LogP contribution in [0.2, 0.25) is 0 Å². The van der Waals surface area contributed by atoms with Gasteiger partial charge in [-0.25, -0.2) is 9.37 Å². The van der Waals surface area contributed by atoms with Gasteiger partial charge in [-0.3, -0.25) is 4.79 Å². The van der Waals surface area contributed by atoms with Gasteiger partial charge in [-0.1, -0.05) is 18.2 Å². The summed E-state index contributed by atoms with van der Waals surface area (Å²) < 4.78 is 24.0. The van der Waals surface area contributed by atoms with Gasteiger partial charge >= 0.3 is 0 Å². The van der Waals surface area contributed by atoms with Crippen LogP contribution in [-0.4, -0.2) is 36.1 Å². The maximum Gasteiger partial charge on any atom is 0.254 e. The van der Waals surface area contributed by atoms with Crippen molar-refractivity contribution in [2.45, 2.75) is 13.2 Å². The zero-order chi connectivity index (χ0) is 19.8. The van der Waals surface area contributed by atoms with Crippen LogP contribution in [0.1, 0.15) is 21.1 Å². The number of carbonyl (C=O) groups excluding carboxylic acids is 1. The van der Waals surface area contributed by atoms with Gasteiger partial charge in [-0.05, 0) is 36.4 Å². The van der Waals surface area contributed by atoms with Gasteiger partial charge in [0.15, 0.2) is 0 Å². The van der Waals surface area contributed by atoms with Gasteiger partial charge in [0.1, 0.15) is 23.2 Å². The number of hydrogen-bond donors (Lipinski definition) is 0. The summed E-state index contributed by atoms with van der Waals surface area (Å²) in [6.07, 6.45) is 0. The van der Waals surface area contributed by atoms with Gasteiger partial charge in [0.25, 0.3) is 5.91 Å². The first-order chi connectivity index (χ1) is 13.7. The minimum absolute atomic E-state index is 0.188. The van der Waals surface area contributed by atoms with Gasteiger partial charge in [-0.2, -0.15) is 0 Å². The lowest BCUT2D eigenvalue weighted by atomic mass is 10.2. The zero-order valence-electron chi connectivity index (χ0n) is 15.5. The van der Waals surface area contributed by atoms with Crippen LogP contribution in [0.5, 0.6) is 5.75 Å². The zero-order valence-corrected chi connectivity index (χ0v) is 16.3. The first-order valence-electron chi connectivity index (χ1n) is 8.80. The molecular weight excluding hydrogens is 379 g/mol. The van der Waals surface area contributed by atoms with Crippen LogP contribution >= 0.6 is 11.3 Å². The van der Waals surface area contributed by atoms with Gasteiger partial charge in [0.2, 0.25) is 0 Å². The molecule has 0 N–H and O–H groups in total. The Kier molecular flexibility index (Phi) is 7.11. The largest absolute Gasteiger partial charge is 0.486 e. The van der Waals surface area contributed by atoms with Crippen molar-refractivity contribution < 1.29 is 18.7 Å². The maximum atomic E-state index is 13.1. The molecule has 0 spiro atoms. The van der Waals surface area contributed by atoms with Crippen LogP contribution in [-0.2, 0) is 17.9 Å². The summed E-state index contributed by atoms with van der Waals surface area (Å²) in [6, 6.07) is 15.1. The van der Waals surface area contributed by atoms with E-state index in [2.05, 4.69) is 4.98 Å². The number of para-hydroxylation sites is 1. The standard InChI is InChI=1S/C21H21FN2O3S/c1-26-12-11-24(21(25)16-7-9-17(22)10-8-16)13-18-15-28-20(23-18)14-27-19-5-3-2-4-6-19/h2-10,15H,11-14H2,1H3. The smallest absolute Gasteiger partial charge is 0.254 e. The first kappa shape index (κ1) is 20.0. The van der Waals surface area contributed by atoms with Crippen molar-refractivity contribution in [3.63, 3.8) is 0 Å². The molecule has 0 saturated heterocycles. The molecule has 0 saturated carbocycles. The normalized spacial score (nSPS) is 10.6. The molecule has 1 amide bonds. The van der Waals surface area contributed by atoms with E-state index in [1.54, 1.807) is 12.0 Å². The molecule has 2 aromatic carbocycles. The number of ether oxygens (including phenoxy) is 2. The van der Waals surface area contributed by atoms with E-state index in [-0.39, 0.29) is 11.7 Å². The number of carbonyl (C=O) groups is 1. The van der Waals surface area contributed by atoms with E-state index in [9.17, 15) is 9.18 Å². The molecule has 0 fully saturated rings. The molecule has 1 heterocycles. The summed E-state index contributed by atoms with van der Waals surface area (Å²) in [7, 11) is 1.59. The highest BCUT2D eigenvalue weighted by atomic mass is 32.1. The Morgan fingerprint density at radius 1 is 1.14 bits per heavy atom. The Bertz CT molecular complexity index is 884. The van der Waals surface area contributed by atoms with Crippen molar-refractivity contribution in [1.82, 2.24) is 9.88 Å². The van der Waals surface area contributed by atoms with E-state index >= 15 is 0 Å². The molecule has 0 aliphatic carbocycles. The molecule has 3 rings (SSSR count). The van der Waals surface area contributed by atoms with Gasteiger partial charge < -0.3 is 14.4 Å². The lowest BCUT2D eigenvalue weighted by Gasteiger charge is -2.21. The Balaban J connectivity index is 1.64. The molecule has 146 valence electrons. The number of amides is 1. The molecule has 0 atom stereocenters. The minimum atomic E-state index is -0.373. The molecule has 0 aliphatic rings. The van der Waals surface area contributed by atoms with E-state index in [0.717, 1.165) is 16.5 Å². The van der Waals surface area contributed by atoms with Gasteiger partial charge in [-0.15, -0.1) is 11.3 Å². The Hall–Kier alpha value is -2.77. The third kappa shape index (κ3) is 5.61. The average Bonchev–Trinajstić information content (AvgIpc) is 3.18. The summed E-state index contributed by atoms with van der Waals surface area (Å²) in [5, 5.41) is 2.75. The number of nitrogens with zero attached hydrogens (tertiary/aromatic N) is 2. The number of thiazole rings is 1. The SMILES string of the molecule is COCCN(Cc1csc(COc2ccccc2)n1)C(=O)c1ccc(F)cc1. The predicted molar refractivity (Wildman–Crippen MR) is 106 cm³/mol. The fraction of sp³-hybridized carbons (Fsp3) is 0.238. The highest BCUT2D eigenvalue weighted by Gasteiger charge is 2.17. The Morgan fingerprint density at radius 3 is 2.61 bits per heavy atom. The predicted octanol–water partition coefficient (Wildman–Crippen LogP) is 4.15. The van der Waals surface area contributed by atoms with E-state index in [0.29, 0.717) is 31.9 Å². The highest BCUT2D eigenvalue weighted by Crippen LogP contribution is 2.17. The van der Waals surface area contributed by atoms with E-state index in [4.69, 9.17) is 9.47 Å². The van der Waals surface area contributed by atoms with Crippen LogP contribution in [0.15, 0.2) is 60.0 Å². The van der Waals surface area contributed by atoms with Crippen molar-refractivity contribution in [2.75, 3.05) is 20.3 Å². The Morgan fingerprint density at radius 2 is 1.89 bits per heavy atom. The number of methoxy groups -OCH3 is 1. The second-order valence-corrected chi connectivity index (χ2v) is 7.00. The lowest BCUT2D eigenvalue weighted by Crippen LogP contribution is -2.33. The van der Waals surface area contributed by atoms with Crippen molar-refractivity contribution >= 4 is 17.2 Å². The number of hydrogen-bond acceptors (Lipinski definition) is 5. The lowest BCUT2D eigenvalue weighted by molar-refractivity contribution is 0.0678. The van der Waals surface area contributed by atoms with Crippen LogP contribution in [0.25, 0.3) is 0 Å². The second kappa shape index (κ2) is 9.96. The first-order valence-corrected chi connectivity index (χ1v) is 9.68. The number of benzene rings is 2. The number of aromatic nitrogens is 1. The minimum Gasteiger partial charge on any atom is -0.486 e. The van der Waals surface area contributed by atoms with Crippen molar-refractivity contribution in [1.29, 1.82) is 0 Å². The average molecular weight is 400 g/mol. The van der Waals surface area contributed by atoms with Crippen molar-refractivity contribution in [3.05, 3.63) is 82.1 Å². The second-order valence-electron chi connectivity index (χ2n) is 6.06. The highest BCUT2D eigenvalue weighted by molar-refractivity contribution is 7.09. The van der Waals surface area contributed by atoms with Crippen LogP contribution < -0.4 is 4.74 Å². The molecule has 0 unspecified atom stereocenters. The van der Waals surface area contributed by atoms with Crippen LogP contribution in [0, 0.1) is 5.82 Å². The van der Waals surface area contributed by atoms with E-state index < -0.39 is 0 Å². The summed E-state index contributed by atoms with van der Waals surface area (Å²) in [4.78, 5) is 19.0. The molecule has 28 heavy (non-hydrogen) atoms. The number of halogens is 1. The maximum absolute atomic E-state index is 13.1. The topological polar surface area (TPSA) is 51.7 Å². The molecular formula is C21H21FN2O3S. The molecule has 0 bridgehead atoms. The fourth-order valence-corrected chi connectivity index (χ4v) is 3.27. The summed E-state index contributed by atoms with van der Waals surface area (Å²) in [6.45, 7) is 1.54. The summed E-state index contributed by atoms with van der Waals surface area (Å²) in [5.41, 5.74) is 1.21. The fourth-order valence-electron chi connectivity index (χ4n) is 2.57. The quantitative estimate of drug-likeness (QED) is 0.541. The van der Waals surface area contributed by atoms with E-state index in [1.807, 2.05) is 35.7 Å². The van der Waals surface area contributed by atoms with Crippen molar-refractivity contribution in [3.8, 4) is 5.75 Å². The van der Waals surface area contributed by atoms with Gasteiger partial charge in [0.05, 0.1) is 18.8 Å². The molecule has 1 aromatic heterocycles. The molecule has 7 heteroatoms. The molecule has 0 radical (unpaired) electrons. The number of rotatable bonds is 9. The monoisotopic (exact) mass is 400 g/mol. The van der Waals surface area contributed by atoms with E-state index in [1.165, 1.54) is 35.6 Å². The van der Waals surface area contributed by atoms with Crippen LogP contribution in [0.4, 0.5) is 4.39 Å². The Labute approximate surface area is 167 Å². The third-order valence-corrected chi connectivity index (χ3v) is 4.87. The van der Waals surface area contributed by atoms with Crippen LogP contribution in [0.3, 0.4) is 0 Å². The molecule has 3 aromatic rings. The summed E-state index contributed by atoms with van der Waals surface area (Å²) in [5.74, 6) is 0.224. The van der Waals surface area contributed by atoms with Gasteiger partial charge in [0, 0.05) is 24.6 Å². The molecule has 5 nitrogen and oxygen atoms in total. The third-order valence-electron chi connectivity index (χ3n) is 4.00. The molecule has 0 aliphatic heterocycles. The van der Waals surface area contributed by atoms with Crippen molar-refractivity contribution in [2.24, 2.45) is 0 Å². The summed E-state index contributed by atoms with van der Waals surface area (Å²) >= 11 is 1.49.